The second-order valence-electron chi connectivity index (χ2n) is 9.67. The van der Waals surface area contributed by atoms with Crippen LogP contribution in [0.3, 0.4) is 0 Å². The molecule has 8 nitrogen and oxygen atoms in total. The maximum Gasteiger partial charge on any atom is 0.408 e. The third-order valence-corrected chi connectivity index (χ3v) is 5.34. The number of carbonyl (C=O) groups excluding carboxylic acids is 3. The molecular weight excluding hydrogens is 434 g/mol. The Kier molecular flexibility index (Phi) is 11.9. The first-order valence-electron chi connectivity index (χ1n) is 12.3. The number of alkyl carbamates (subject to hydrolysis) is 1. The van der Waals surface area contributed by atoms with E-state index < -0.39 is 29.7 Å². The summed E-state index contributed by atoms with van der Waals surface area (Å²) in [5.74, 6) is -0.790. The Morgan fingerprint density at radius 3 is 2.32 bits per heavy atom. The Morgan fingerprint density at radius 2 is 1.74 bits per heavy atom. The average molecular weight is 478 g/mol. The lowest BCUT2D eigenvalue weighted by Crippen LogP contribution is -2.52. The first kappa shape index (κ1) is 29.3. The fraction of sp³-hybridized carbons (Fsp3) is 0.654. The number of amides is 3. The first-order chi connectivity index (χ1) is 15.9. The van der Waals surface area contributed by atoms with Gasteiger partial charge in [-0.15, -0.1) is 0 Å². The molecule has 0 saturated carbocycles. The van der Waals surface area contributed by atoms with Crippen LogP contribution in [0.15, 0.2) is 18.2 Å². The van der Waals surface area contributed by atoms with Crippen molar-refractivity contribution in [1.82, 2.24) is 15.5 Å². The van der Waals surface area contributed by atoms with Crippen molar-refractivity contribution in [3.05, 3.63) is 29.3 Å². The minimum Gasteiger partial charge on any atom is -0.507 e. The van der Waals surface area contributed by atoms with Crippen molar-refractivity contribution in [3.8, 4) is 5.75 Å². The topological polar surface area (TPSA) is 108 Å². The number of nitrogens with zero attached hydrogens (tertiary/aromatic N) is 1. The molecule has 0 heterocycles. The average Bonchev–Trinajstić information content (AvgIpc) is 2.74. The van der Waals surface area contributed by atoms with E-state index in [0.29, 0.717) is 30.6 Å². The van der Waals surface area contributed by atoms with Crippen molar-refractivity contribution in [3.63, 3.8) is 0 Å². The smallest absolute Gasteiger partial charge is 0.408 e. The number of carbonyl (C=O) groups is 3. The minimum absolute atomic E-state index is 0.0146. The van der Waals surface area contributed by atoms with Crippen LogP contribution in [0.4, 0.5) is 4.79 Å². The molecule has 0 aromatic heterocycles. The highest BCUT2D eigenvalue weighted by Gasteiger charge is 2.36. The van der Waals surface area contributed by atoms with E-state index in [9.17, 15) is 19.5 Å². The molecule has 34 heavy (non-hydrogen) atoms. The molecule has 1 aromatic carbocycles. The zero-order chi connectivity index (χ0) is 25.9. The van der Waals surface area contributed by atoms with Crippen molar-refractivity contribution in [2.24, 2.45) is 0 Å². The summed E-state index contributed by atoms with van der Waals surface area (Å²) in [6, 6.07) is 3.23. The van der Waals surface area contributed by atoms with Gasteiger partial charge in [0.2, 0.25) is 11.8 Å². The van der Waals surface area contributed by atoms with Crippen LogP contribution >= 0.6 is 0 Å². The molecule has 0 aliphatic carbocycles. The number of aromatic hydroxyl groups is 1. The van der Waals surface area contributed by atoms with Crippen LogP contribution in [0.25, 0.3) is 0 Å². The molecule has 3 amide bonds. The predicted molar refractivity (Wildman–Crippen MR) is 134 cm³/mol. The Balaban J connectivity index is 3.34. The molecule has 192 valence electrons. The molecule has 2 atom stereocenters. The van der Waals surface area contributed by atoms with Crippen molar-refractivity contribution < 1.29 is 24.2 Å². The van der Waals surface area contributed by atoms with Crippen molar-refractivity contribution in [1.29, 1.82) is 0 Å². The Hall–Kier alpha value is -2.77. The highest BCUT2D eigenvalue weighted by Crippen LogP contribution is 2.32. The number of phenolic OH excluding ortho intramolecular Hbond substituents is 1. The van der Waals surface area contributed by atoms with E-state index in [2.05, 4.69) is 17.6 Å². The van der Waals surface area contributed by atoms with Gasteiger partial charge in [-0.1, -0.05) is 51.3 Å². The highest BCUT2D eigenvalue weighted by atomic mass is 16.6. The van der Waals surface area contributed by atoms with Crippen molar-refractivity contribution in [2.45, 2.75) is 98.3 Å². The van der Waals surface area contributed by atoms with Gasteiger partial charge in [0.1, 0.15) is 23.4 Å². The van der Waals surface area contributed by atoms with Crippen LogP contribution in [-0.4, -0.2) is 52.6 Å². The molecular formula is C26H43N3O5. The molecule has 1 rings (SSSR count). The van der Waals surface area contributed by atoms with E-state index in [1.807, 2.05) is 6.92 Å². The third kappa shape index (κ3) is 9.23. The van der Waals surface area contributed by atoms with Crippen molar-refractivity contribution >= 4 is 17.9 Å². The SMILES string of the molecule is CCCCCN(C(=O)C(C)NC(=O)OC(C)(C)C)C(C(=O)NCCCC)c1cccc(C)c1O. The molecule has 0 aliphatic heterocycles. The molecule has 0 radical (unpaired) electrons. The van der Waals surface area contributed by atoms with Crippen molar-refractivity contribution in [2.75, 3.05) is 13.1 Å². The second-order valence-corrected chi connectivity index (χ2v) is 9.67. The monoisotopic (exact) mass is 477 g/mol. The number of phenols is 1. The van der Waals surface area contributed by atoms with Gasteiger partial charge in [0.15, 0.2) is 0 Å². The molecule has 0 saturated heterocycles. The van der Waals surface area contributed by atoms with E-state index in [1.165, 1.54) is 4.90 Å². The molecule has 2 unspecified atom stereocenters. The summed E-state index contributed by atoms with van der Waals surface area (Å²) in [5, 5.41) is 16.3. The van der Waals surface area contributed by atoms with E-state index in [4.69, 9.17) is 4.74 Å². The number of nitrogens with one attached hydrogen (secondary N) is 2. The number of hydrogen-bond donors (Lipinski definition) is 3. The van der Waals surface area contributed by atoms with Gasteiger partial charge in [-0.2, -0.15) is 0 Å². The predicted octanol–water partition coefficient (Wildman–Crippen LogP) is 4.59. The van der Waals surface area contributed by atoms with Crippen LogP contribution in [0.5, 0.6) is 5.75 Å². The summed E-state index contributed by atoms with van der Waals surface area (Å²) in [6.07, 6.45) is 3.52. The molecule has 8 heteroatoms. The Bertz CT molecular complexity index is 819. The largest absolute Gasteiger partial charge is 0.507 e. The van der Waals surface area contributed by atoms with Crippen LogP contribution in [0.2, 0.25) is 0 Å². The van der Waals surface area contributed by atoms with E-state index in [1.54, 1.807) is 52.8 Å². The van der Waals surface area contributed by atoms with Gasteiger partial charge in [0, 0.05) is 18.7 Å². The lowest BCUT2D eigenvalue weighted by Gasteiger charge is -2.34. The van der Waals surface area contributed by atoms with Crippen LogP contribution in [-0.2, 0) is 14.3 Å². The normalized spacial score (nSPS) is 13.0. The van der Waals surface area contributed by atoms with Crippen LogP contribution < -0.4 is 10.6 Å². The fourth-order valence-electron chi connectivity index (χ4n) is 3.53. The molecule has 0 aliphatic rings. The van der Waals surface area contributed by atoms with Gasteiger partial charge in [-0.25, -0.2) is 4.79 Å². The maximum atomic E-state index is 13.6. The van der Waals surface area contributed by atoms with E-state index in [0.717, 1.165) is 25.7 Å². The fourth-order valence-corrected chi connectivity index (χ4v) is 3.53. The highest BCUT2D eigenvalue weighted by molar-refractivity contribution is 5.92. The van der Waals surface area contributed by atoms with Crippen LogP contribution in [0.1, 0.15) is 90.8 Å². The summed E-state index contributed by atoms with van der Waals surface area (Å²) in [4.78, 5) is 40.7. The van der Waals surface area contributed by atoms with Gasteiger partial charge in [-0.05, 0) is 53.0 Å². The molecule has 0 bridgehead atoms. The maximum absolute atomic E-state index is 13.6. The van der Waals surface area contributed by atoms with Gasteiger partial charge in [-0.3, -0.25) is 9.59 Å². The zero-order valence-electron chi connectivity index (χ0n) is 21.9. The minimum atomic E-state index is -1.02. The second kappa shape index (κ2) is 13.8. The third-order valence-electron chi connectivity index (χ3n) is 5.34. The number of unbranched alkanes of at least 4 members (excludes halogenated alkanes) is 3. The summed E-state index contributed by atoms with van der Waals surface area (Å²) in [7, 11) is 0. The number of hydrogen-bond acceptors (Lipinski definition) is 5. The lowest BCUT2D eigenvalue weighted by molar-refractivity contribution is -0.142. The summed E-state index contributed by atoms with van der Waals surface area (Å²) in [5.41, 5.74) is 0.274. The molecule has 3 N–H and O–H groups in total. The summed E-state index contributed by atoms with van der Waals surface area (Å²) >= 11 is 0. The molecule has 1 aromatic rings. The number of aryl methyl sites for hydroxylation is 1. The zero-order valence-corrected chi connectivity index (χ0v) is 21.9. The van der Waals surface area contributed by atoms with E-state index in [-0.39, 0.29) is 11.7 Å². The molecule has 0 spiro atoms. The van der Waals surface area contributed by atoms with E-state index >= 15 is 0 Å². The van der Waals surface area contributed by atoms with Gasteiger partial charge < -0.3 is 25.4 Å². The molecule has 0 fully saturated rings. The van der Waals surface area contributed by atoms with Gasteiger partial charge in [0.05, 0.1) is 0 Å². The standard InChI is InChI=1S/C26H43N3O5/c1-8-10-12-17-29(24(32)19(4)28-25(33)34-26(5,6)7)21(23(31)27-16-11-9-2)20-15-13-14-18(3)22(20)30/h13-15,19,21,30H,8-12,16-17H2,1-7H3,(H,27,31)(H,28,33). The van der Waals surface area contributed by atoms with Gasteiger partial charge in [0.25, 0.3) is 0 Å². The van der Waals surface area contributed by atoms with Gasteiger partial charge >= 0.3 is 6.09 Å². The lowest BCUT2D eigenvalue weighted by atomic mass is 9.99. The van der Waals surface area contributed by atoms with Crippen LogP contribution in [0, 0.1) is 6.92 Å². The quantitative estimate of drug-likeness (QED) is 0.382. The Morgan fingerprint density at radius 1 is 1.09 bits per heavy atom. The number of ether oxygens (including phenoxy) is 1. The number of para-hydroxylation sites is 1. The summed E-state index contributed by atoms with van der Waals surface area (Å²) in [6.45, 7) is 13.4. The Labute approximate surface area is 204 Å². The summed E-state index contributed by atoms with van der Waals surface area (Å²) < 4.78 is 5.29. The number of benzene rings is 1. The first-order valence-corrected chi connectivity index (χ1v) is 12.3. The number of rotatable bonds is 12.